The van der Waals surface area contributed by atoms with E-state index in [-0.39, 0.29) is 5.56 Å². The van der Waals surface area contributed by atoms with Gasteiger partial charge in [-0.15, -0.1) is 0 Å². The molecular weight excluding hydrogens is 343 g/mol. The molecule has 1 heterocycles. The van der Waals surface area contributed by atoms with E-state index in [1.165, 1.54) is 6.07 Å². The number of nitrogens with zero attached hydrogens (tertiary/aromatic N) is 1. The van der Waals surface area contributed by atoms with Crippen molar-refractivity contribution in [3.63, 3.8) is 0 Å². The van der Waals surface area contributed by atoms with Crippen LogP contribution in [0.2, 0.25) is 10.0 Å². The summed E-state index contributed by atoms with van der Waals surface area (Å²) in [4.78, 5) is 23.9. The van der Waals surface area contributed by atoms with Crippen molar-refractivity contribution in [1.82, 2.24) is 5.16 Å². The fourth-order valence-corrected chi connectivity index (χ4v) is 2.24. The van der Waals surface area contributed by atoms with Crippen molar-refractivity contribution in [3.8, 4) is 0 Å². The van der Waals surface area contributed by atoms with Gasteiger partial charge in [-0.1, -0.05) is 35.3 Å². The molecule has 0 saturated heterocycles. The van der Waals surface area contributed by atoms with E-state index in [2.05, 4.69) is 10.5 Å². The third kappa shape index (κ3) is 4.24. The third-order valence-corrected chi connectivity index (χ3v) is 3.57. The van der Waals surface area contributed by atoms with E-state index in [1.807, 2.05) is 6.92 Å². The number of aromatic nitrogens is 1. The third-order valence-electron chi connectivity index (χ3n) is 3.01. The Morgan fingerprint density at radius 1 is 1.35 bits per heavy atom. The molecule has 2 aromatic rings. The Bertz CT molecular complexity index is 743. The second kappa shape index (κ2) is 7.48. The maximum atomic E-state index is 12.0. The van der Waals surface area contributed by atoms with Crippen molar-refractivity contribution in [3.05, 3.63) is 45.3 Å². The molecule has 0 aliphatic heterocycles. The molecule has 0 bridgehead atoms. The monoisotopic (exact) mass is 356 g/mol. The largest absolute Gasteiger partial charge is 0.452 e. The van der Waals surface area contributed by atoms with E-state index < -0.39 is 18.5 Å². The molecule has 1 amide bonds. The Morgan fingerprint density at radius 3 is 2.78 bits per heavy atom. The van der Waals surface area contributed by atoms with Gasteiger partial charge in [-0.2, -0.15) is 0 Å². The lowest BCUT2D eigenvalue weighted by atomic mass is 10.1. The quantitative estimate of drug-likeness (QED) is 0.826. The molecule has 0 fully saturated rings. The van der Waals surface area contributed by atoms with Gasteiger partial charge >= 0.3 is 5.97 Å². The molecule has 1 N–H and O–H groups in total. The molecule has 6 nitrogen and oxygen atoms in total. The number of hydrogen-bond acceptors (Lipinski definition) is 5. The standard InChI is InChI=1S/C15H14Cl2N2O4/c1-3-11-14(8(2)23-19-11)15(21)22-7-13(20)18-12-6-9(16)4-5-10(12)17/h4-6H,3,7H2,1-2H3,(H,18,20). The van der Waals surface area contributed by atoms with Crippen LogP contribution in [0.3, 0.4) is 0 Å². The molecule has 2 rings (SSSR count). The van der Waals surface area contributed by atoms with E-state index in [9.17, 15) is 9.59 Å². The number of benzene rings is 1. The van der Waals surface area contributed by atoms with E-state index >= 15 is 0 Å². The molecule has 0 atom stereocenters. The summed E-state index contributed by atoms with van der Waals surface area (Å²) in [5, 5.41) is 7.04. The van der Waals surface area contributed by atoms with Crippen LogP contribution in [0, 0.1) is 6.92 Å². The summed E-state index contributed by atoms with van der Waals surface area (Å²) in [6.07, 6.45) is 0.520. The number of anilines is 1. The molecule has 0 aliphatic rings. The maximum Gasteiger partial charge on any atom is 0.344 e. The molecule has 0 saturated carbocycles. The first-order valence-electron chi connectivity index (χ1n) is 6.79. The lowest BCUT2D eigenvalue weighted by Gasteiger charge is -2.08. The Labute approximate surface area is 142 Å². The highest BCUT2D eigenvalue weighted by atomic mass is 35.5. The zero-order valence-electron chi connectivity index (χ0n) is 12.5. The van der Waals surface area contributed by atoms with Crippen LogP contribution in [0.15, 0.2) is 22.7 Å². The molecule has 0 spiro atoms. The fraction of sp³-hybridized carbons (Fsp3) is 0.267. The van der Waals surface area contributed by atoms with Crippen molar-refractivity contribution in [2.45, 2.75) is 20.3 Å². The Hall–Kier alpha value is -2.05. The first kappa shape index (κ1) is 17.3. The number of rotatable bonds is 5. The molecule has 23 heavy (non-hydrogen) atoms. The number of hydrogen-bond donors (Lipinski definition) is 1. The van der Waals surface area contributed by atoms with Crippen molar-refractivity contribution in [2.24, 2.45) is 0 Å². The van der Waals surface area contributed by atoms with Gasteiger partial charge in [0.1, 0.15) is 11.3 Å². The highest BCUT2D eigenvalue weighted by Crippen LogP contribution is 2.25. The SMILES string of the molecule is CCc1noc(C)c1C(=O)OCC(=O)Nc1cc(Cl)ccc1Cl. The highest BCUT2D eigenvalue weighted by Gasteiger charge is 2.21. The maximum absolute atomic E-state index is 12.0. The van der Waals surface area contributed by atoms with Crippen LogP contribution in [-0.4, -0.2) is 23.6 Å². The first-order chi connectivity index (χ1) is 10.9. The number of carbonyl (C=O) groups excluding carboxylic acids is 2. The Kier molecular flexibility index (Phi) is 5.63. The number of esters is 1. The summed E-state index contributed by atoms with van der Waals surface area (Å²) in [5.74, 6) is -0.840. The van der Waals surface area contributed by atoms with Gasteiger partial charge in [0.2, 0.25) is 0 Å². The molecule has 0 aliphatic carbocycles. The van der Waals surface area contributed by atoms with Crippen LogP contribution in [-0.2, 0) is 16.0 Å². The Morgan fingerprint density at radius 2 is 2.09 bits per heavy atom. The number of amides is 1. The van der Waals surface area contributed by atoms with Crippen molar-refractivity contribution in [2.75, 3.05) is 11.9 Å². The average molecular weight is 357 g/mol. The Balaban J connectivity index is 1.97. The zero-order chi connectivity index (χ0) is 17.0. The molecule has 8 heteroatoms. The molecule has 1 aromatic heterocycles. The van der Waals surface area contributed by atoms with E-state index in [0.717, 1.165) is 0 Å². The van der Waals surface area contributed by atoms with E-state index in [1.54, 1.807) is 19.1 Å². The predicted molar refractivity (Wildman–Crippen MR) is 86.0 cm³/mol. The first-order valence-corrected chi connectivity index (χ1v) is 7.55. The lowest BCUT2D eigenvalue weighted by Crippen LogP contribution is -2.21. The fourth-order valence-electron chi connectivity index (χ4n) is 1.90. The van der Waals surface area contributed by atoms with Crippen LogP contribution in [0.5, 0.6) is 0 Å². The van der Waals surface area contributed by atoms with Gasteiger partial charge in [0.25, 0.3) is 5.91 Å². The van der Waals surface area contributed by atoms with Crippen molar-refractivity contribution in [1.29, 1.82) is 0 Å². The summed E-state index contributed by atoms with van der Waals surface area (Å²) < 4.78 is 9.94. The molecule has 0 unspecified atom stereocenters. The zero-order valence-corrected chi connectivity index (χ0v) is 14.0. The van der Waals surface area contributed by atoms with Crippen LogP contribution in [0.4, 0.5) is 5.69 Å². The average Bonchev–Trinajstić information content (AvgIpc) is 2.89. The molecule has 1 aromatic carbocycles. The van der Waals surface area contributed by atoms with Gasteiger partial charge in [-0.25, -0.2) is 4.79 Å². The van der Waals surface area contributed by atoms with Gasteiger partial charge in [0.05, 0.1) is 16.4 Å². The summed E-state index contributed by atoms with van der Waals surface area (Å²) in [6.45, 7) is 2.98. The van der Waals surface area contributed by atoms with Crippen molar-refractivity contribution < 1.29 is 18.8 Å². The number of ether oxygens (including phenoxy) is 1. The van der Waals surface area contributed by atoms with Crippen LogP contribution in [0.25, 0.3) is 0 Å². The van der Waals surface area contributed by atoms with E-state index in [4.69, 9.17) is 32.5 Å². The van der Waals surface area contributed by atoms with Crippen LogP contribution >= 0.6 is 23.2 Å². The predicted octanol–water partition coefficient (Wildman–Crippen LogP) is 3.65. The minimum atomic E-state index is -0.659. The number of aryl methyl sites for hydroxylation is 2. The number of nitrogens with one attached hydrogen (secondary N) is 1. The second-order valence-electron chi connectivity index (χ2n) is 4.66. The van der Waals surface area contributed by atoms with Crippen LogP contribution in [0.1, 0.15) is 28.7 Å². The van der Waals surface area contributed by atoms with Gasteiger partial charge in [0.15, 0.2) is 6.61 Å². The second-order valence-corrected chi connectivity index (χ2v) is 5.51. The highest BCUT2D eigenvalue weighted by molar-refractivity contribution is 6.35. The topological polar surface area (TPSA) is 81.4 Å². The summed E-state index contributed by atoms with van der Waals surface area (Å²) in [6, 6.07) is 4.66. The molecule has 122 valence electrons. The van der Waals surface area contributed by atoms with Crippen molar-refractivity contribution >= 4 is 40.8 Å². The smallest absolute Gasteiger partial charge is 0.344 e. The summed E-state index contributed by atoms with van der Waals surface area (Å²) in [7, 11) is 0. The van der Waals surface area contributed by atoms with Gasteiger partial charge < -0.3 is 14.6 Å². The minimum Gasteiger partial charge on any atom is -0.452 e. The normalized spacial score (nSPS) is 10.4. The minimum absolute atomic E-state index is 0.251. The van der Waals surface area contributed by atoms with Gasteiger partial charge in [0, 0.05) is 5.02 Å². The van der Waals surface area contributed by atoms with Gasteiger partial charge in [-0.05, 0) is 31.5 Å². The molecule has 0 radical (unpaired) electrons. The molecular formula is C15H14Cl2N2O4. The lowest BCUT2D eigenvalue weighted by molar-refractivity contribution is -0.119. The number of carbonyl (C=O) groups is 2. The summed E-state index contributed by atoms with van der Waals surface area (Å²) in [5.41, 5.74) is 1.09. The number of halogens is 2. The summed E-state index contributed by atoms with van der Waals surface area (Å²) >= 11 is 11.8. The van der Waals surface area contributed by atoms with E-state index in [0.29, 0.717) is 33.6 Å². The van der Waals surface area contributed by atoms with Gasteiger partial charge in [-0.3, -0.25) is 4.79 Å². The van der Waals surface area contributed by atoms with Crippen LogP contribution < -0.4 is 5.32 Å².